The van der Waals surface area contributed by atoms with Gasteiger partial charge in [-0.25, -0.2) is 14.2 Å². The number of benzene rings is 2. The fourth-order valence-corrected chi connectivity index (χ4v) is 4.72. The molecule has 4 amide bonds. The molecule has 0 spiro atoms. The second-order valence-corrected chi connectivity index (χ2v) is 11.9. The van der Waals surface area contributed by atoms with Crippen LogP contribution in [0.4, 0.5) is 14.9 Å². The van der Waals surface area contributed by atoms with Crippen molar-refractivity contribution in [3.8, 4) is 0 Å². The molecule has 1 aliphatic heterocycles. The van der Waals surface area contributed by atoms with Crippen molar-refractivity contribution in [1.82, 2.24) is 20.2 Å². The van der Waals surface area contributed by atoms with E-state index < -0.39 is 17.6 Å². The van der Waals surface area contributed by atoms with Crippen LogP contribution in [0.3, 0.4) is 0 Å². The van der Waals surface area contributed by atoms with Crippen LogP contribution < -0.4 is 16.0 Å². The Balaban J connectivity index is 1.70. The molecule has 0 aliphatic carbocycles. The molecule has 0 aromatic heterocycles. The van der Waals surface area contributed by atoms with E-state index in [1.54, 1.807) is 64.0 Å². The molecule has 3 rings (SSSR count). The van der Waals surface area contributed by atoms with Gasteiger partial charge >= 0.3 is 6.09 Å². The lowest BCUT2D eigenvalue weighted by Crippen LogP contribution is -2.49. The number of nitrogens with two attached hydrogens (primary N) is 1. The van der Waals surface area contributed by atoms with Gasteiger partial charge in [-0.3, -0.25) is 24.7 Å². The molecule has 2 aromatic carbocycles. The highest BCUT2D eigenvalue weighted by atomic mass is 19.1. The Hall–Kier alpha value is -4.03. The first-order valence-corrected chi connectivity index (χ1v) is 14.3. The fraction of sp³-hybridized carbons (Fsp3) is 0.484. The van der Waals surface area contributed by atoms with Crippen molar-refractivity contribution < 1.29 is 28.3 Å². The highest BCUT2D eigenvalue weighted by Crippen LogP contribution is 2.25. The number of fused-ring (bicyclic) bond motifs is 1. The molecule has 11 nitrogen and oxygen atoms in total. The molecule has 43 heavy (non-hydrogen) atoms. The van der Waals surface area contributed by atoms with Crippen LogP contribution >= 0.6 is 0 Å². The van der Waals surface area contributed by atoms with Crippen LogP contribution in [0.1, 0.15) is 61.7 Å². The van der Waals surface area contributed by atoms with Crippen molar-refractivity contribution in [2.24, 2.45) is 5.73 Å². The number of carbonyl (C=O) groups is 4. The average Bonchev–Trinajstić information content (AvgIpc) is 3.32. The standard InChI is InChI=1S/C31H43FN6O5/c1-20(2)37(30(42)43-31(4,5)6)12-13-38(26-15-22(29(33)41)9-8-21(26)3)28(40)17-34-16-27(39)35(7)36-18-23-10-11-25(32)14-24(23)19-36/h8-11,14-15,20,34H,12-13,16-19H2,1-7H3,(H2,33,41). The number of rotatable bonds is 11. The molecule has 234 valence electrons. The second kappa shape index (κ2) is 14.0. The minimum Gasteiger partial charge on any atom is -0.444 e. The maximum absolute atomic E-state index is 13.6. The van der Waals surface area contributed by atoms with Gasteiger partial charge in [-0.2, -0.15) is 0 Å². The third-order valence-corrected chi connectivity index (χ3v) is 7.11. The van der Waals surface area contributed by atoms with Crippen molar-refractivity contribution in [1.29, 1.82) is 0 Å². The highest BCUT2D eigenvalue weighted by molar-refractivity contribution is 5.99. The number of likely N-dealkylation sites (N-methyl/N-ethyl adjacent to an activating group) is 1. The summed E-state index contributed by atoms with van der Waals surface area (Å²) in [7, 11) is 1.64. The summed E-state index contributed by atoms with van der Waals surface area (Å²) in [6.45, 7) is 11.7. The smallest absolute Gasteiger partial charge is 0.410 e. The Morgan fingerprint density at radius 2 is 1.65 bits per heavy atom. The Labute approximate surface area is 252 Å². The lowest BCUT2D eigenvalue weighted by atomic mass is 10.1. The molecule has 1 aliphatic rings. The molecule has 0 saturated heterocycles. The van der Waals surface area contributed by atoms with E-state index in [1.807, 2.05) is 13.8 Å². The fourth-order valence-electron chi connectivity index (χ4n) is 4.72. The molecule has 0 fully saturated rings. The number of aryl methyl sites for hydroxylation is 1. The monoisotopic (exact) mass is 598 g/mol. The molecule has 3 N–H and O–H groups in total. The van der Waals surface area contributed by atoms with Gasteiger partial charge in [0.25, 0.3) is 5.91 Å². The molecule has 0 bridgehead atoms. The number of primary amides is 1. The van der Waals surface area contributed by atoms with Gasteiger partial charge in [0.15, 0.2) is 0 Å². The van der Waals surface area contributed by atoms with Crippen molar-refractivity contribution in [3.05, 3.63) is 64.5 Å². The van der Waals surface area contributed by atoms with E-state index >= 15 is 0 Å². The Kier molecular flexibility index (Phi) is 10.9. The molecule has 0 radical (unpaired) electrons. The van der Waals surface area contributed by atoms with Crippen LogP contribution in [0.5, 0.6) is 0 Å². The zero-order valence-corrected chi connectivity index (χ0v) is 26.1. The van der Waals surface area contributed by atoms with Gasteiger partial charge < -0.3 is 20.3 Å². The van der Waals surface area contributed by atoms with Crippen molar-refractivity contribution in [3.63, 3.8) is 0 Å². The average molecular weight is 599 g/mol. The van der Waals surface area contributed by atoms with E-state index in [4.69, 9.17) is 10.5 Å². The zero-order valence-electron chi connectivity index (χ0n) is 26.1. The first-order chi connectivity index (χ1) is 20.1. The number of hydrogen-bond donors (Lipinski definition) is 2. The van der Waals surface area contributed by atoms with Crippen molar-refractivity contribution in [2.75, 3.05) is 38.1 Å². The van der Waals surface area contributed by atoms with E-state index in [0.717, 1.165) is 16.7 Å². The summed E-state index contributed by atoms with van der Waals surface area (Å²) in [4.78, 5) is 54.4. The SMILES string of the molecule is Cc1ccc(C(N)=O)cc1N(CCN(C(=O)OC(C)(C)C)C(C)C)C(=O)CNCC(=O)N(C)N1Cc2ccc(F)cc2C1. The lowest BCUT2D eigenvalue weighted by Gasteiger charge is -2.33. The van der Waals surface area contributed by atoms with Gasteiger partial charge in [0.2, 0.25) is 11.8 Å². The summed E-state index contributed by atoms with van der Waals surface area (Å²) >= 11 is 0. The van der Waals surface area contributed by atoms with Gasteiger partial charge in [0.05, 0.1) is 13.1 Å². The number of carbonyl (C=O) groups excluding carboxylic acids is 4. The first kappa shape index (κ1) is 33.5. The molecule has 2 aromatic rings. The summed E-state index contributed by atoms with van der Waals surface area (Å²) in [5.74, 6) is -1.59. The maximum atomic E-state index is 13.6. The minimum atomic E-state index is -0.691. The predicted molar refractivity (Wildman–Crippen MR) is 161 cm³/mol. The number of nitrogens with one attached hydrogen (secondary N) is 1. The van der Waals surface area contributed by atoms with Crippen molar-refractivity contribution >= 4 is 29.5 Å². The zero-order chi connectivity index (χ0) is 32.1. The number of hydrazine groups is 1. The topological polar surface area (TPSA) is 129 Å². The summed E-state index contributed by atoms with van der Waals surface area (Å²) in [6.07, 6.45) is -0.504. The molecule has 0 saturated carbocycles. The Morgan fingerprint density at radius 3 is 2.28 bits per heavy atom. The number of amides is 4. The third-order valence-electron chi connectivity index (χ3n) is 7.11. The molecule has 0 unspecified atom stereocenters. The van der Waals surface area contributed by atoms with E-state index in [0.29, 0.717) is 18.8 Å². The normalized spacial score (nSPS) is 13.0. The summed E-state index contributed by atoms with van der Waals surface area (Å²) < 4.78 is 19.2. The van der Waals surface area contributed by atoms with E-state index in [9.17, 15) is 23.6 Å². The summed E-state index contributed by atoms with van der Waals surface area (Å²) in [6, 6.07) is 9.22. The summed E-state index contributed by atoms with van der Waals surface area (Å²) in [5.41, 5.74) is 8.04. The number of anilines is 1. The van der Waals surface area contributed by atoms with Crippen LogP contribution in [0.15, 0.2) is 36.4 Å². The van der Waals surface area contributed by atoms with Crippen LogP contribution in [-0.2, 0) is 27.4 Å². The molecule has 0 atom stereocenters. The van der Waals surface area contributed by atoms with Gasteiger partial charge in [-0.05, 0) is 82.5 Å². The largest absolute Gasteiger partial charge is 0.444 e. The number of halogens is 1. The van der Waals surface area contributed by atoms with E-state index in [-0.39, 0.29) is 55.4 Å². The Morgan fingerprint density at radius 1 is 1.00 bits per heavy atom. The third kappa shape index (κ3) is 8.98. The summed E-state index contributed by atoms with van der Waals surface area (Å²) in [5, 5.41) is 6.20. The first-order valence-electron chi connectivity index (χ1n) is 14.3. The molecular formula is C31H43FN6O5. The minimum absolute atomic E-state index is 0.109. The number of ether oxygens (including phenoxy) is 1. The highest BCUT2D eigenvalue weighted by Gasteiger charge is 2.28. The molecule has 1 heterocycles. The van der Waals surface area contributed by atoms with Crippen LogP contribution in [0, 0.1) is 12.7 Å². The quantitative estimate of drug-likeness (QED) is 0.407. The van der Waals surface area contributed by atoms with Crippen LogP contribution in [-0.4, -0.2) is 83.6 Å². The van der Waals surface area contributed by atoms with Crippen LogP contribution in [0.2, 0.25) is 0 Å². The molecule has 12 heteroatoms. The van der Waals surface area contributed by atoms with E-state index in [1.165, 1.54) is 26.9 Å². The van der Waals surface area contributed by atoms with E-state index in [2.05, 4.69) is 5.32 Å². The molecular weight excluding hydrogens is 555 g/mol. The lowest BCUT2D eigenvalue weighted by molar-refractivity contribution is -0.145. The van der Waals surface area contributed by atoms with Gasteiger partial charge in [-0.1, -0.05) is 12.1 Å². The second-order valence-electron chi connectivity index (χ2n) is 11.9. The van der Waals surface area contributed by atoms with Gasteiger partial charge in [-0.15, -0.1) is 0 Å². The van der Waals surface area contributed by atoms with Crippen molar-refractivity contribution in [2.45, 2.75) is 66.3 Å². The van der Waals surface area contributed by atoms with Gasteiger partial charge in [0, 0.05) is 50.5 Å². The predicted octanol–water partition coefficient (Wildman–Crippen LogP) is 3.19. The maximum Gasteiger partial charge on any atom is 0.410 e. The number of nitrogens with zero attached hydrogens (tertiary/aromatic N) is 4. The Bertz CT molecular complexity index is 1360. The van der Waals surface area contributed by atoms with Gasteiger partial charge in [0.1, 0.15) is 11.4 Å². The number of hydrogen-bond acceptors (Lipinski definition) is 7. The van der Waals surface area contributed by atoms with Crippen LogP contribution in [0.25, 0.3) is 0 Å².